The molecule has 4 atom stereocenters. The van der Waals surface area contributed by atoms with Gasteiger partial charge in [0.05, 0.1) is 12.6 Å². The molecule has 0 saturated carbocycles. The summed E-state index contributed by atoms with van der Waals surface area (Å²) in [5.41, 5.74) is 1.89. The number of halogens is 1. The first-order valence-electron chi connectivity index (χ1n) is 12.4. The van der Waals surface area contributed by atoms with E-state index in [4.69, 9.17) is 4.74 Å². The van der Waals surface area contributed by atoms with Gasteiger partial charge < -0.3 is 30.1 Å². The summed E-state index contributed by atoms with van der Waals surface area (Å²) in [5.74, 6) is -0.109. The summed E-state index contributed by atoms with van der Waals surface area (Å²) in [6.07, 6.45) is -1.46. The smallest absolute Gasteiger partial charge is 0.236 e. The number of amides is 2. The quantitative estimate of drug-likeness (QED) is 0.530. The van der Waals surface area contributed by atoms with Gasteiger partial charge in [0, 0.05) is 55.6 Å². The highest BCUT2D eigenvalue weighted by molar-refractivity contribution is 9.10. The minimum atomic E-state index is -1.16. The SMILES string of the molecule is CN(Cc1ccccc1)C(=O)C[C@@H]1CCN2C[C@@H]1[C@@H](O)[C@@H](O)COc1ccc(Br)cc1CNCC2=O. The number of aliphatic hydroxyl groups is 2. The lowest BCUT2D eigenvalue weighted by Crippen LogP contribution is -2.53. The van der Waals surface area contributed by atoms with E-state index in [-0.39, 0.29) is 43.8 Å². The van der Waals surface area contributed by atoms with Gasteiger partial charge in [-0.3, -0.25) is 9.59 Å². The molecule has 0 radical (unpaired) electrons. The van der Waals surface area contributed by atoms with Crippen molar-refractivity contribution in [1.29, 1.82) is 0 Å². The average Bonchev–Trinajstić information content (AvgIpc) is 2.88. The Balaban J connectivity index is 1.48. The molecule has 2 bridgehead atoms. The van der Waals surface area contributed by atoms with Gasteiger partial charge in [0.2, 0.25) is 11.8 Å². The first-order chi connectivity index (χ1) is 17.3. The van der Waals surface area contributed by atoms with Crippen LogP contribution in [0.2, 0.25) is 0 Å². The van der Waals surface area contributed by atoms with Crippen molar-refractivity contribution in [2.45, 2.75) is 38.1 Å². The van der Waals surface area contributed by atoms with Gasteiger partial charge in [-0.1, -0.05) is 46.3 Å². The van der Waals surface area contributed by atoms with E-state index >= 15 is 0 Å². The van der Waals surface area contributed by atoms with Crippen LogP contribution in [0.15, 0.2) is 53.0 Å². The molecule has 2 aromatic carbocycles. The zero-order chi connectivity index (χ0) is 25.7. The van der Waals surface area contributed by atoms with Crippen molar-refractivity contribution < 1.29 is 24.5 Å². The minimum absolute atomic E-state index is 0.0225. The normalized spacial score (nSPS) is 25.0. The van der Waals surface area contributed by atoms with Gasteiger partial charge >= 0.3 is 0 Å². The van der Waals surface area contributed by atoms with Crippen LogP contribution in [-0.2, 0) is 22.7 Å². The molecule has 0 unspecified atom stereocenters. The van der Waals surface area contributed by atoms with Crippen molar-refractivity contribution >= 4 is 27.7 Å². The van der Waals surface area contributed by atoms with Crippen LogP contribution in [0.25, 0.3) is 0 Å². The maximum Gasteiger partial charge on any atom is 0.236 e. The zero-order valence-corrected chi connectivity index (χ0v) is 22.1. The molecule has 0 aromatic heterocycles. The van der Waals surface area contributed by atoms with E-state index in [9.17, 15) is 19.8 Å². The first kappa shape index (κ1) is 26.6. The highest BCUT2D eigenvalue weighted by Crippen LogP contribution is 2.32. The number of ether oxygens (including phenoxy) is 1. The number of carbonyl (C=O) groups is 2. The number of nitrogens with one attached hydrogen (secondary N) is 1. The number of hydrogen-bond donors (Lipinski definition) is 3. The number of piperidine rings is 1. The monoisotopic (exact) mass is 559 g/mol. The maximum absolute atomic E-state index is 13.1. The molecule has 36 heavy (non-hydrogen) atoms. The van der Waals surface area contributed by atoms with Gasteiger partial charge in [0.15, 0.2) is 0 Å². The summed E-state index contributed by atoms with van der Waals surface area (Å²) in [6, 6.07) is 15.3. The second-order valence-electron chi connectivity index (χ2n) is 9.72. The highest BCUT2D eigenvalue weighted by Gasteiger charge is 2.40. The molecule has 1 fully saturated rings. The molecule has 4 rings (SSSR count). The summed E-state index contributed by atoms with van der Waals surface area (Å²) in [6.45, 7) is 1.80. The summed E-state index contributed by atoms with van der Waals surface area (Å²) >= 11 is 3.46. The Morgan fingerprint density at radius 1 is 1.19 bits per heavy atom. The molecular weight excluding hydrogens is 526 g/mol. The lowest BCUT2D eigenvalue weighted by atomic mass is 9.78. The third kappa shape index (κ3) is 6.64. The molecule has 8 nitrogen and oxygen atoms in total. The molecule has 1 saturated heterocycles. The molecule has 3 N–H and O–H groups in total. The molecule has 194 valence electrons. The van der Waals surface area contributed by atoms with Gasteiger partial charge in [0.1, 0.15) is 18.5 Å². The maximum atomic E-state index is 13.1. The number of benzene rings is 2. The topological polar surface area (TPSA) is 102 Å². The van der Waals surface area contributed by atoms with Crippen molar-refractivity contribution in [2.75, 3.05) is 33.3 Å². The fourth-order valence-electron chi connectivity index (χ4n) is 5.02. The predicted molar refractivity (Wildman–Crippen MR) is 139 cm³/mol. The highest BCUT2D eigenvalue weighted by atomic mass is 79.9. The van der Waals surface area contributed by atoms with Gasteiger partial charge in [0.25, 0.3) is 0 Å². The largest absolute Gasteiger partial charge is 0.490 e. The average molecular weight is 560 g/mol. The third-order valence-corrected chi connectivity index (χ3v) is 7.63. The Bertz CT molecular complexity index is 1050. The van der Waals surface area contributed by atoms with E-state index in [0.717, 1.165) is 15.6 Å². The summed E-state index contributed by atoms with van der Waals surface area (Å²) in [7, 11) is 1.78. The fourth-order valence-corrected chi connectivity index (χ4v) is 5.43. The summed E-state index contributed by atoms with van der Waals surface area (Å²) < 4.78 is 6.76. The van der Waals surface area contributed by atoms with Crippen LogP contribution in [0.1, 0.15) is 24.0 Å². The van der Waals surface area contributed by atoms with E-state index in [1.54, 1.807) is 22.9 Å². The zero-order valence-electron chi connectivity index (χ0n) is 20.5. The van der Waals surface area contributed by atoms with Crippen molar-refractivity contribution in [3.8, 4) is 5.75 Å². The molecule has 2 aliphatic rings. The Labute approximate surface area is 220 Å². The molecule has 2 aliphatic heterocycles. The molecule has 0 aliphatic carbocycles. The van der Waals surface area contributed by atoms with E-state index in [0.29, 0.717) is 31.8 Å². The number of rotatable bonds is 4. The predicted octanol–water partition coefficient (Wildman–Crippen LogP) is 2.17. The van der Waals surface area contributed by atoms with Crippen molar-refractivity contribution in [1.82, 2.24) is 15.1 Å². The van der Waals surface area contributed by atoms with Crippen molar-refractivity contribution in [3.05, 3.63) is 64.1 Å². The second-order valence-corrected chi connectivity index (χ2v) is 10.6. The second kappa shape index (κ2) is 12.2. The number of fused-ring (bicyclic) bond motifs is 3. The van der Waals surface area contributed by atoms with Crippen LogP contribution >= 0.6 is 15.9 Å². The number of nitrogens with zero attached hydrogens (tertiary/aromatic N) is 2. The fraction of sp³-hybridized carbons (Fsp3) is 0.481. The number of hydrogen-bond acceptors (Lipinski definition) is 6. The van der Waals surface area contributed by atoms with Gasteiger partial charge in [-0.05, 0) is 36.1 Å². The molecule has 9 heteroatoms. The minimum Gasteiger partial charge on any atom is -0.490 e. The van der Waals surface area contributed by atoms with Crippen molar-refractivity contribution in [2.24, 2.45) is 11.8 Å². The van der Waals surface area contributed by atoms with E-state index in [1.807, 2.05) is 42.5 Å². The molecule has 2 aromatic rings. The van der Waals surface area contributed by atoms with Gasteiger partial charge in [-0.25, -0.2) is 0 Å². The van der Waals surface area contributed by atoms with Crippen molar-refractivity contribution in [3.63, 3.8) is 0 Å². The standard InChI is InChI=1S/C27H34BrN3O5/c1-30(15-18-5-3-2-4-6-18)25(33)12-19-9-10-31-16-22(19)27(35)23(32)17-36-24-8-7-21(28)11-20(24)13-29-14-26(31)34/h2-8,11,19,22-23,27,29,32,35H,9-10,12-17H2,1H3/t19-,22-,23-,27+/m0/s1. The van der Waals surface area contributed by atoms with E-state index < -0.39 is 18.1 Å². The Morgan fingerprint density at radius 2 is 1.97 bits per heavy atom. The number of aliphatic hydroxyl groups excluding tert-OH is 2. The van der Waals surface area contributed by atoms with Crippen LogP contribution < -0.4 is 10.1 Å². The molecule has 0 spiro atoms. The Hall–Kier alpha value is -2.46. The Morgan fingerprint density at radius 3 is 2.75 bits per heavy atom. The Kier molecular flexibility index (Phi) is 9.00. The summed E-state index contributed by atoms with van der Waals surface area (Å²) in [5, 5.41) is 25.2. The van der Waals surface area contributed by atoms with Gasteiger partial charge in [-0.2, -0.15) is 0 Å². The molecular formula is C27H34BrN3O5. The lowest BCUT2D eigenvalue weighted by molar-refractivity contribution is -0.139. The van der Waals surface area contributed by atoms with Crippen LogP contribution in [0.5, 0.6) is 5.75 Å². The van der Waals surface area contributed by atoms with E-state index in [2.05, 4.69) is 21.2 Å². The van der Waals surface area contributed by atoms with Crippen LogP contribution in [0.4, 0.5) is 0 Å². The van der Waals surface area contributed by atoms with Gasteiger partial charge in [-0.15, -0.1) is 0 Å². The van der Waals surface area contributed by atoms with Crippen LogP contribution in [-0.4, -0.2) is 77.3 Å². The third-order valence-electron chi connectivity index (χ3n) is 7.14. The first-order valence-corrected chi connectivity index (χ1v) is 13.1. The molecule has 2 amide bonds. The molecule has 2 heterocycles. The number of carbonyl (C=O) groups excluding carboxylic acids is 2. The summed E-state index contributed by atoms with van der Waals surface area (Å²) in [4.78, 5) is 29.4. The lowest BCUT2D eigenvalue weighted by Gasteiger charge is -2.42. The van der Waals surface area contributed by atoms with E-state index in [1.165, 1.54) is 0 Å². The van der Waals surface area contributed by atoms with Crippen LogP contribution in [0, 0.1) is 11.8 Å². The van der Waals surface area contributed by atoms with Crippen LogP contribution in [0.3, 0.4) is 0 Å².